The summed E-state index contributed by atoms with van der Waals surface area (Å²) in [7, 11) is 3.84. The van der Waals surface area contributed by atoms with Crippen LogP contribution in [0.1, 0.15) is 20.3 Å². The smallest absolute Gasteiger partial charge is 0.323 e. The molecule has 0 radical (unpaired) electrons. The van der Waals surface area contributed by atoms with Gasteiger partial charge in [-0.2, -0.15) is 0 Å². The van der Waals surface area contributed by atoms with Crippen molar-refractivity contribution in [3.05, 3.63) is 0 Å². The monoisotopic (exact) mass is 285 g/mol. The van der Waals surface area contributed by atoms with Gasteiger partial charge >= 0.3 is 12.0 Å². The van der Waals surface area contributed by atoms with E-state index in [-0.39, 0.29) is 18.5 Å². The Labute approximate surface area is 121 Å². The molecule has 1 aliphatic heterocycles. The van der Waals surface area contributed by atoms with Gasteiger partial charge in [0.1, 0.15) is 6.54 Å². The topological polar surface area (TPSA) is 64.1 Å². The Bertz CT molecular complexity index is 347. The Morgan fingerprint density at radius 2 is 2.05 bits per heavy atom. The lowest BCUT2D eigenvalue weighted by molar-refractivity contribution is -0.137. The summed E-state index contributed by atoms with van der Waals surface area (Å²) in [6, 6.07) is -0.185. The molecule has 6 heteroatoms. The van der Waals surface area contributed by atoms with Crippen LogP contribution in [0.15, 0.2) is 0 Å². The predicted octanol–water partition coefficient (Wildman–Crippen LogP) is 1.03. The van der Waals surface area contributed by atoms with Gasteiger partial charge in [-0.3, -0.25) is 4.79 Å². The summed E-state index contributed by atoms with van der Waals surface area (Å²) in [5.74, 6) is -0.225. The molecule has 1 saturated heterocycles. The molecule has 0 aliphatic carbocycles. The van der Waals surface area contributed by atoms with E-state index in [0.29, 0.717) is 19.0 Å². The van der Waals surface area contributed by atoms with Crippen LogP contribution in [0.25, 0.3) is 0 Å². The molecule has 0 aromatic carbocycles. The van der Waals surface area contributed by atoms with Crippen molar-refractivity contribution < 1.29 is 14.7 Å². The fraction of sp³-hybridized carbons (Fsp3) is 0.857. The maximum absolute atomic E-state index is 12.4. The highest BCUT2D eigenvalue weighted by atomic mass is 16.4. The molecule has 6 nitrogen and oxygen atoms in total. The molecule has 116 valence electrons. The Kier molecular flexibility index (Phi) is 6.26. The van der Waals surface area contributed by atoms with E-state index >= 15 is 0 Å². The first-order chi connectivity index (χ1) is 9.29. The van der Waals surface area contributed by atoms with Crippen molar-refractivity contribution in [1.29, 1.82) is 0 Å². The number of nitrogens with zero attached hydrogens (tertiary/aromatic N) is 3. The van der Waals surface area contributed by atoms with Crippen LogP contribution in [-0.2, 0) is 4.79 Å². The average molecular weight is 285 g/mol. The van der Waals surface area contributed by atoms with E-state index in [1.165, 1.54) is 4.90 Å². The normalized spacial score (nSPS) is 19.4. The molecule has 1 aliphatic rings. The highest BCUT2D eigenvalue weighted by molar-refractivity contribution is 5.80. The highest BCUT2D eigenvalue weighted by Gasteiger charge is 2.26. The van der Waals surface area contributed by atoms with Crippen LogP contribution in [0.4, 0.5) is 4.79 Å². The number of urea groups is 1. The number of rotatable bonds is 6. The summed E-state index contributed by atoms with van der Waals surface area (Å²) in [6.45, 7) is 6.96. The third-order valence-electron chi connectivity index (χ3n) is 3.53. The van der Waals surface area contributed by atoms with E-state index in [1.807, 2.05) is 13.8 Å². The zero-order valence-electron chi connectivity index (χ0n) is 13.0. The molecule has 1 unspecified atom stereocenters. The fourth-order valence-corrected chi connectivity index (χ4v) is 2.70. The average Bonchev–Trinajstić information content (AvgIpc) is 2.71. The van der Waals surface area contributed by atoms with Gasteiger partial charge in [-0.15, -0.1) is 0 Å². The number of hydrogen-bond donors (Lipinski definition) is 1. The third-order valence-corrected chi connectivity index (χ3v) is 3.53. The van der Waals surface area contributed by atoms with Crippen molar-refractivity contribution in [3.63, 3.8) is 0 Å². The Morgan fingerprint density at radius 1 is 1.40 bits per heavy atom. The zero-order chi connectivity index (χ0) is 15.3. The van der Waals surface area contributed by atoms with Crippen molar-refractivity contribution in [2.45, 2.75) is 20.3 Å². The molecular formula is C14H27N3O3. The first kappa shape index (κ1) is 16.8. The quantitative estimate of drug-likeness (QED) is 0.792. The van der Waals surface area contributed by atoms with Crippen molar-refractivity contribution in [1.82, 2.24) is 14.7 Å². The number of carboxylic acids is 1. The van der Waals surface area contributed by atoms with Crippen molar-refractivity contribution in [2.75, 3.05) is 46.8 Å². The van der Waals surface area contributed by atoms with E-state index < -0.39 is 5.97 Å². The van der Waals surface area contributed by atoms with Gasteiger partial charge in [0, 0.05) is 26.7 Å². The van der Waals surface area contributed by atoms with Gasteiger partial charge in [-0.05, 0) is 31.8 Å². The van der Waals surface area contributed by atoms with E-state index in [9.17, 15) is 9.59 Å². The lowest BCUT2D eigenvalue weighted by Gasteiger charge is -2.29. The van der Waals surface area contributed by atoms with Crippen molar-refractivity contribution >= 4 is 12.0 Å². The number of carboxylic acid groups (broad SMARTS) is 1. The SMILES string of the molecule is CC(C)CN(CC(=O)O)C(=O)N(C)CC1CCN(C)C1. The molecule has 1 rings (SSSR count). The van der Waals surface area contributed by atoms with Gasteiger partial charge in [0.15, 0.2) is 0 Å². The maximum atomic E-state index is 12.4. The van der Waals surface area contributed by atoms with Gasteiger partial charge in [0.05, 0.1) is 0 Å². The molecule has 0 spiro atoms. The van der Waals surface area contributed by atoms with Crippen molar-refractivity contribution in [2.24, 2.45) is 11.8 Å². The van der Waals surface area contributed by atoms with Crippen LogP contribution in [0.2, 0.25) is 0 Å². The first-order valence-corrected chi connectivity index (χ1v) is 7.20. The molecule has 0 saturated carbocycles. The van der Waals surface area contributed by atoms with Gasteiger partial charge in [-0.25, -0.2) is 4.79 Å². The minimum atomic E-state index is -0.965. The lowest BCUT2D eigenvalue weighted by Crippen LogP contribution is -2.46. The summed E-state index contributed by atoms with van der Waals surface area (Å²) in [6.07, 6.45) is 1.09. The molecule has 0 bridgehead atoms. The maximum Gasteiger partial charge on any atom is 0.323 e. The van der Waals surface area contributed by atoms with Crippen LogP contribution >= 0.6 is 0 Å². The zero-order valence-corrected chi connectivity index (χ0v) is 13.0. The van der Waals surface area contributed by atoms with E-state index in [4.69, 9.17) is 5.11 Å². The van der Waals surface area contributed by atoms with Gasteiger partial charge in [0.2, 0.25) is 0 Å². The second kappa shape index (κ2) is 7.47. The summed E-state index contributed by atoms with van der Waals surface area (Å²) in [5.41, 5.74) is 0. The summed E-state index contributed by atoms with van der Waals surface area (Å²) in [5, 5.41) is 8.93. The molecule has 1 heterocycles. The summed E-state index contributed by atoms with van der Waals surface area (Å²) in [4.78, 5) is 28.6. The number of carbonyl (C=O) groups is 2. The third kappa shape index (κ3) is 5.36. The number of amides is 2. The summed E-state index contributed by atoms with van der Waals surface area (Å²) >= 11 is 0. The van der Waals surface area contributed by atoms with Crippen molar-refractivity contribution in [3.8, 4) is 0 Å². The minimum Gasteiger partial charge on any atom is -0.480 e. The second-order valence-corrected chi connectivity index (χ2v) is 6.25. The molecule has 2 amide bonds. The largest absolute Gasteiger partial charge is 0.480 e. The fourth-order valence-electron chi connectivity index (χ4n) is 2.70. The molecular weight excluding hydrogens is 258 g/mol. The molecule has 1 fully saturated rings. The number of hydrogen-bond acceptors (Lipinski definition) is 3. The van der Waals surface area contributed by atoms with Crippen LogP contribution in [0.3, 0.4) is 0 Å². The first-order valence-electron chi connectivity index (χ1n) is 7.20. The van der Waals surface area contributed by atoms with Gasteiger partial charge in [0.25, 0.3) is 0 Å². The number of carbonyl (C=O) groups excluding carboxylic acids is 1. The van der Waals surface area contributed by atoms with Crippen LogP contribution < -0.4 is 0 Å². The van der Waals surface area contributed by atoms with Crippen LogP contribution in [0, 0.1) is 11.8 Å². The minimum absolute atomic E-state index is 0.185. The lowest BCUT2D eigenvalue weighted by atomic mass is 10.1. The van der Waals surface area contributed by atoms with Crippen LogP contribution in [0.5, 0.6) is 0 Å². The van der Waals surface area contributed by atoms with E-state index in [2.05, 4.69) is 11.9 Å². The second-order valence-electron chi connectivity index (χ2n) is 6.25. The van der Waals surface area contributed by atoms with Gasteiger partial charge < -0.3 is 19.8 Å². The molecule has 0 aromatic rings. The number of aliphatic carboxylic acids is 1. The summed E-state index contributed by atoms with van der Waals surface area (Å²) < 4.78 is 0. The molecule has 1 atom stereocenters. The molecule has 1 N–H and O–H groups in total. The number of likely N-dealkylation sites (tertiary alicyclic amines) is 1. The highest BCUT2D eigenvalue weighted by Crippen LogP contribution is 2.16. The van der Waals surface area contributed by atoms with Gasteiger partial charge in [-0.1, -0.05) is 13.8 Å². The van der Waals surface area contributed by atoms with E-state index in [1.54, 1.807) is 11.9 Å². The Morgan fingerprint density at radius 3 is 2.50 bits per heavy atom. The Hall–Kier alpha value is -1.30. The predicted molar refractivity (Wildman–Crippen MR) is 77.7 cm³/mol. The molecule has 20 heavy (non-hydrogen) atoms. The van der Waals surface area contributed by atoms with E-state index in [0.717, 1.165) is 19.5 Å². The Balaban J connectivity index is 2.55. The standard InChI is InChI=1S/C14H27N3O3/c1-11(2)7-17(10-13(18)19)14(20)16(4)9-12-5-6-15(3)8-12/h11-12H,5-10H2,1-4H3,(H,18,19). The molecule has 0 aromatic heterocycles. The van der Waals surface area contributed by atoms with Crippen LogP contribution in [-0.4, -0.2) is 78.6 Å².